The lowest BCUT2D eigenvalue weighted by Gasteiger charge is -2.36. The second-order valence-electron chi connectivity index (χ2n) is 8.82. The highest BCUT2D eigenvalue weighted by Crippen LogP contribution is 2.23. The minimum atomic E-state index is -0.666. The number of nitrogens with one attached hydrogen (secondary N) is 2. The van der Waals surface area contributed by atoms with Crippen LogP contribution in [0.2, 0.25) is 0 Å². The number of pyridine rings is 1. The zero-order valence-electron chi connectivity index (χ0n) is 18.9. The van der Waals surface area contributed by atoms with Crippen molar-refractivity contribution in [2.45, 2.75) is 38.8 Å². The molecule has 10 heteroatoms. The van der Waals surface area contributed by atoms with Gasteiger partial charge in [0.1, 0.15) is 16.9 Å². The van der Waals surface area contributed by atoms with E-state index in [1.165, 1.54) is 0 Å². The zero-order valence-corrected chi connectivity index (χ0v) is 18.9. The van der Waals surface area contributed by atoms with Crippen LogP contribution in [-0.2, 0) is 13.0 Å². The zero-order chi connectivity index (χ0) is 23.8. The first-order valence-corrected chi connectivity index (χ1v) is 11.6. The Labute approximate surface area is 195 Å². The summed E-state index contributed by atoms with van der Waals surface area (Å²) in [4.78, 5) is 38.9. The van der Waals surface area contributed by atoms with Crippen molar-refractivity contribution < 1.29 is 13.6 Å². The Kier molecular flexibility index (Phi) is 5.99. The maximum Gasteiger partial charge on any atom is 0.270 e. The van der Waals surface area contributed by atoms with Gasteiger partial charge in [0.25, 0.3) is 11.5 Å². The van der Waals surface area contributed by atoms with Crippen LogP contribution in [0, 0.1) is 11.8 Å². The number of amides is 1. The molecule has 1 amide bonds. The molecule has 2 N–H and O–H groups in total. The molecule has 1 aliphatic heterocycles. The van der Waals surface area contributed by atoms with E-state index in [0.29, 0.717) is 61.6 Å². The molecular formula is C24H26F2N6O2. The van der Waals surface area contributed by atoms with Crippen molar-refractivity contribution in [1.29, 1.82) is 0 Å². The van der Waals surface area contributed by atoms with E-state index in [0.717, 1.165) is 12.8 Å². The molecular weight excluding hydrogens is 442 g/mol. The number of anilines is 1. The number of piperazine rings is 1. The van der Waals surface area contributed by atoms with Gasteiger partial charge < -0.3 is 15.2 Å². The first-order valence-electron chi connectivity index (χ1n) is 11.6. The molecule has 0 radical (unpaired) electrons. The SMILES string of the molecule is CCc1nc2ccc(CN3CCN(c4ccc(C(=O)NC5CC5)nc4F)CC3)c(F)c2[nH]c1=O. The van der Waals surface area contributed by atoms with Crippen molar-refractivity contribution in [3.05, 3.63) is 63.3 Å². The fourth-order valence-corrected chi connectivity index (χ4v) is 4.23. The van der Waals surface area contributed by atoms with Gasteiger partial charge in [0, 0.05) is 44.3 Å². The van der Waals surface area contributed by atoms with E-state index in [1.54, 1.807) is 24.3 Å². The lowest BCUT2D eigenvalue weighted by molar-refractivity contribution is 0.0945. The minimum Gasteiger partial charge on any atom is -0.365 e. The molecule has 0 unspecified atom stereocenters. The highest BCUT2D eigenvalue weighted by Gasteiger charge is 2.26. The highest BCUT2D eigenvalue weighted by molar-refractivity contribution is 5.92. The third-order valence-corrected chi connectivity index (χ3v) is 6.37. The quantitative estimate of drug-likeness (QED) is 0.540. The molecule has 2 fully saturated rings. The van der Waals surface area contributed by atoms with Gasteiger partial charge in [-0.1, -0.05) is 13.0 Å². The maximum atomic E-state index is 15.1. The van der Waals surface area contributed by atoms with Gasteiger partial charge >= 0.3 is 0 Å². The number of hydrogen-bond donors (Lipinski definition) is 2. The number of benzene rings is 1. The van der Waals surface area contributed by atoms with Crippen molar-refractivity contribution in [1.82, 2.24) is 25.2 Å². The smallest absolute Gasteiger partial charge is 0.270 e. The number of aromatic nitrogens is 3. The lowest BCUT2D eigenvalue weighted by Crippen LogP contribution is -2.46. The molecule has 2 aliphatic rings. The van der Waals surface area contributed by atoms with Crippen molar-refractivity contribution in [2.24, 2.45) is 0 Å². The monoisotopic (exact) mass is 468 g/mol. The third kappa shape index (κ3) is 4.50. The van der Waals surface area contributed by atoms with Crippen molar-refractivity contribution in [3.8, 4) is 0 Å². The molecule has 5 rings (SSSR count). The number of aryl methyl sites for hydroxylation is 1. The van der Waals surface area contributed by atoms with E-state index in [-0.39, 0.29) is 28.7 Å². The van der Waals surface area contributed by atoms with Crippen LogP contribution >= 0.6 is 0 Å². The molecule has 3 heterocycles. The summed E-state index contributed by atoms with van der Waals surface area (Å²) in [5, 5.41) is 2.81. The summed E-state index contributed by atoms with van der Waals surface area (Å²) >= 11 is 0. The van der Waals surface area contributed by atoms with Crippen molar-refractivity contribution in [2.75, 3.05) is 31.1 Å². The molecule has 34 heavy (non-hydrogen) atoms. The number of nitrogens with zero attached hydrogens (tertiary/aromatic N) is 4. The van der Waals surface area contributed by atoms with E-state index in [2.05, 4.69) is 25.2 Å². The van der Waals surface area contributed by atoms with Crippen LogP contribution in [0.5, 0.6) is 0 Å². The Morgan fingerprint density at radius 1 is 1.12 bits per heavy atom. The first-order chi connectivity index (χ1) is 16.4. The van der Waals surface area contributed by atoms with E-state index in [1.807, 2.05) is 11.8 Å². The number of aromatic amines is 1. The van der Waals surface area contributed by atoms with Gasteiger partial charge in [-0.25, -0.2) is 14.4 Å². The molecule has 0 atom stereocenters. The van der Waals surface area contributed by atoms with E-state index >= 15 is 4.39 Å². The molecule has 3 aromatic rings. The third-order valence-electron chi connectivity index (χ3n) is 6.37. The van der Waals surface area contributed by atoms with E-state index in [9.17, 15) is 14.0 Å². The fourth-order valence-electron chi connectivity index (χ4n) is 4.23. The lowest BCUT2D eigenvalue weighted by atomic mass is 10.1. The Balaban J connectivity index is 1.24. The molecule has 1 aromatic carbocycles. The summed E-state index contributed by atoms with van der Waals surface area (Å²) in [7, 11) is 0. The highest BCUT2D eigenvalue weighted by atomic mass is 19.1. The number of carbonyl (C=O) groups excluding carboxylic acids is 1. The van der Waals surface area contributed by atoms with Crippen LogP contribution in [-0.4, -0.2) is 58.0 Å². The molecule has 1 aliphatic carbocycles. The van der Waals surface area contributed by atoms with Gasteiger partial charge in [-0.05, 0) is 37.5 Å². The number of rotatable bonds is 6. The standard InChI is InChI=1S/C24H26F2N6O2/c1-2-16-23(33)30-21-17(28-16)6-3-14(20(21)25)13-31-9-11-32(12-10-31)19-8-7-18(29-22(19)26)24(34)27-15-4-5-15/h3,6-8,15H,2,4-5,9-13H2,1H3,(H,27,34)(H,30,33). The van der Waals surface area contributed by atoms with Gasteiger partial charge in [0.2, 0.25) is 5.95 Å². The second kappa shape index (κ2) is 9.09. The first kappa shape index (κ1) is 22.4. The largest absolute Gasteiger partial charge is 0.365 e. The number of H-pyrrole nitrogens is 1. The van der Waals surface area contributed by atoms with Crippen LogP contribution in [0.4, 0.5) is 14.5 Å². The average molecular weight is 469 g/mol. The Hall–Kier alpha value is -3.40. The summed E-state index contributed by atoms with van der Waals surface area (Å²) in [5.74, 6) is -1.49. The molecule has 1 saturated heterocycles. The summed E-state index contributed by atoms with van der Waals surface area (Å²) in [6.45, 7) is 4.48. The summed E-state index contributed by atoms with van der Waals surface area (Å²) in [6.07, 6.45) is 2.38. The van der Waals surface area contributed by atoms with Gasteiger partial charge in [-0.15, -0.1) is 0 Å². The van der Waals surface area contributed by atoms with E-state index < -0.39 is 11.8 Å². The molecule has 1 saturated carbocycles. The van der Waals surface area contributed by atoms with Gasteiger partial charge in [-0.3, -0.25) is 14.5 Å². The van der Waals surface area contributed by atoms with Crippen LogP contribution in [0.15, 0.2) is 29.1 Å². The van der Waals surface area contributed by atoms with Crippen molar-refractivity contribution >= 4 is 22.6 Å². The Bertz CT molecular complexity index is 1300. The second-order valence-corrected chi connectivity index (χ2v) is 8.82. The van der Waals surface area contributed by atoms with Gasteiger partial charge in [0.15, 0.2) is 5.82 Å². The Morgan fingerprint density at radius 3 is 2.56 bits per heavy atom. The molecule has 2 aromatic heterocycles. The molecule has 0 bridgehead atoms. The molecule has 8 nitrogen and oxygen atoms in total. The molecule has 0 spiro atoms. The van der Waals surface area contributed by atoms with Crippen molar-refractivity contribution in [3.63, 3.8) is 0 Å². The predicted octanol–water partition coefficient (Wildman–Crippen LogP) is 2.37. The number of halogens is 2. The van der Waals surface area contributed by atoms with Crippen LogP contribution in [0.3, 0.4) is 0 Å². The minimum absolute atomic E-state index is 0.0807. The summed E-state index contributed by atoms with van der Waals surface area (Å²) in [6, 6.07) is 6.75. The predicted molar refractivity (Wildman–Crippen MR) is 124 cm³/mol. The summed E-state index contributed by atoms with van der Waals surface area (Å²) < 4.78 is 29.7. The van der Waals surface area contributed by atoms with E-state index in [4.69, 9.17) is 0 Å². The van der Waals surface area contributed by atoms with Crippen LogP contribution in [0.1, 0.15) is 41.5 Å². The average Bonchev–Trinajstić information content (AvgIpc) is 3.65. The van der Waals surface area contributed by atoms with Gasteiger partial charge in [0.05, 0.1) is 11.2 Å². The summed E-state index contributed by atoms with van der Waals surface area (Å²) in [5.41, 5.74) is 1.48. The van der Waals surface area contributed by atoms with Crippen LogP contribution in [0.25, 0.3) is 11.0 Å². The normalized spacial score (nSPS) is 16.7. The molecule has 178 valence electrons. The van der Waals surface area contributed by atoms with Crippen LogP contribution < -0.4 is 15.8 Å². The number of hydrogen-bond acceptors (Lipinski definition) is 6. The maximum absolute atomic E-state index is 15.1. The van der Waals surface area contributed by atoms with Gasteiger partial charge in [-0.2, -0.15) is 4.39 Å². The number of carbonyl (C=O) groups is 1. The number of fused-ring (bicyclic) bond motifs is 1. The fraction of sp³-hybridized carbons (Fsp3) is 0.417. The Morgan fingerprint density at radius 2 is 1.88 bits per heavy atom. The topological polar surface area (TPSA) is 94.2 Å².